The summed E-state index contributed by atoms with van der Waals surface area (Å²) in [6, 6.07) is 11.4. The van der Waals surface area contributed by atoms with Gasteiger partial charge in [0.15, 0.2) is 5.82 Å². The molecule has 2 aromatic heterocycles. The predicted molar refractivity (Wildman–Crippen MR) is 109 cm³/mol. The summed E-state index contributed by atoms with van der Waals surface area (Å²) in [5.41, 5.74) is 0.904. The van der Waals surface area contributed by atoms with Gasteiger partial charge in [-0.2, -0.15) is 5.10 Å². The molecular formula is C21H23N5O3. The summed E-state index contributed by atoms with van der Waals surface area (Å²) in [4.78, 5) is 29.8. The second-order valence-corrected chi connectivity index (χ2v) is 6.74. The molecule has 0 spiro atoms. The first-order valence-electron chi connectivity index (χ1n) is 9.20. The van der Waals surface area contributed by atoms with Crippen molar-refractivity contribution in [1.29, 1.82) is 0 Å². The number of ether oxygens (including phenoxy) is 1. The van der Waals surface area contributed by atoms with E-state index in [2.05, 4.69) is 20.7 Å². The van der Waals surface area contributed by atoms with Crippen LogP contribution >= 0.6 is 0 Å². The number of benzene rings is 1. The van der Waals surface area contributed by atoms with Crippen LogP contribution in [0.4, 0.5) is 5.69 Å². The van der Waals surface area contributed by atoms with Crippen molar-refractivity contribution in [3.63, 3.8) is 0 Å². The predicted octanol–water partition coefficient (Wildman–Crippen LogP) is 2.67. The number of pyridine rings is 1. The number of rotatable bonds is 7. The number of carbonyl (C=O) groups is 2. The standard InChI is InChI=1S/C21H23N5O3/c1-14(2)19(25-20(27)16-7-4-5-8-17(16)29-3)21(28)24-15-9-10-18(22-13-15)26-12-6-11-23-26/h4-14,19H,1-3H3,(H,24,28)(H,25,27). The maximum atomic E-state index is 12.8. The number of anilines is 1. The quantitative estimate of drug-likeness (QED) is 0.643. The SMILES string of the molecule is COc1ccccc1C(=O)NC(C(=O)Nc1ccc(-n2cccn2)nc1)C(C)C. The molecule has 0 aliphatic rings. The normalized spacial score (nSPS) is 11.7. The van der Waals surface area contributed by atoms with Gasteiger partial charge < -0.3 is 15.4 Å². The minimum absolute atomic E-state index is 0.120. The van der Waals surface area contributed by atoms with Crippen LogP contribution in [0.3, 0.4) is 0 Å². The number of nitrogens with one attached hydrogen (secondary N) is 2. The lowest BCUT2D eigenvalue weighted by atomic mass is 10.0. The molecule has 8 nitrogen and oxygen atoms in total. The minimum Gasteiger partial charge on any atom is -0.496 e. The van der Waals surface area contributed by atoms with Crippen molar-refractivity contribution in [2.75, 3.05) is 12.4 Å². The Balaban J connectivity index is 1.70. The molecule has 1 unspecified atom stereocenters. The van der Waals surface area contributed by atoms with Crippen molar-refractivity contribution in [2.24, 2.45) is 5.92 Å². The minimum atomic E-state index is -0.724. The van der Waals surface area contributed by atoms with E-state index >= 15 is 0 Å². The van der Waals surface area contributed by atoms with Gasteiger partial charge in [0.25, 0.3) is 5.91 Å². The van der Waals surface area contributed by atoms with Crippen LogP contribution in [0.25, 0.3) is 5.82 Å². The molecule has 2 heterocycles. The molecule has 0 radical (unpaired) electrons. The Morgan fingerprint density at radius 3 is 2.52 bits per heavy atom. The number of hydrogen-bond donors (Lipinski definition) is 2. The summed E-state index contributed by atoms with van der Waals surface area (Å²) in [5.74, 6) is 0.273. The van der Waals surface area contributed by atoms with Crippen LogP contribution in [0.1, 0.15) is 24.2 Å². The van der Waals surface area contributed by atoms with E-state index in [1.54, 1.807) is 65.7 Å². The van der Waals surface area contributed by atoms with Crippen LogP contribution in [0.2, 0.25) is 0 Å². The van der Waals surface area contributed by atoms with Crippen LogP contribution in [-0.2, 0) is 4.79 Å². The maximum absolute atomic E-state index is 12.8. The van der Waals surface area contributed by atoms with E-state index in [0.717, 1.165) is 0 Å². The number of amides is 2. The summed E-state index contributed by atoms with van der Waals surface area (Å²) >= 11 is 0. The molecule has 3 aromatic rings. The highest BCUT2D eigenvalue weighted by Gasteiger charge is 2.26. The molecule has 3 rings (SSSR count). The first-order chi connectivity index (χ1) is 14.0. The lowest BCUT2D eigenvalue weighted by Crippen LogP contribution is -2.47. The zero-order valence-corrected chi connectivity index (χ0v) is 16.5. The van der Waals surface area contributed by atoms with Crippen molar-refractivity contribution >= 4 is 17.5 Å². The van der Waals surface area contributed by atoms with Gasteiger partial charge in [-0.05, 0) is 36.2 Å². The van der Waals surface area contributed by atoms with Crippen LogP contribution < -0.4 is 15.4 Å². The molecule has 8 heteroatoms. The largest absolute Gasteiger partial charge is 0.496 e. The van der Waals surface area contributed by atoms with Crippen LogP contribution in [-0.4, -0.2) is 39.7 Å². The average Bonchev–Trinajstić information content (AvgIpc) is 3.27. The second-order valence-electron chi connectivity index (χ2n) is 6.74. The van der Waals surface area contributed by atoms with Crippen molar-refractivity contribution in [1.82, 2.24) is 20.1 Å². The molecule has 0 saturated carbocycles. The van der Waals surface area contributed by atoms with E-state index in [1.165, 1.54) is 7.11 Å². The Labute approximate surface area is 168 Å². The highest BCUT2D eigenvalue weighted by molar-refractivity contribution is 6.02. The average molecular weight is 393 g/mol. The van der Waals surface area contributed by atoms with Gasteiger partial charge >= 0.3 is 0 Å². The molecule has 2 amide bonds. The Hall–Kier alpha value is -3.68. The smallest absolute Gasteiger partial charge is 0.255 e. The van der Waals surface area contributed by atoms with Gasteiger partial charge in [-0.15, -0.1) is 0 Å². The summed E-state index contributed by atoms with van der Waals surface area (Å²) < 4.78 is 6.85. The highest BCUT2D eigenvalue weighted by atomic mass is 16.5. The Bertz CT molecular complexity index is 968. The highest BCUT2D eigenvalue weighted by Crippen LogP contribution is 2.18. The van der Waals surface area contributed by atoms with E-state index in [-0.39, 0.29) is 17.7 Å². The Morgan fingerprint density at radius 1 is 1.10 bits per heavy atom. The third kappa shape index (κ3) is 4.78. The first kappa shape index (κ1) is 20.1. The molecular weight excluding hydrogens is 370 g/mol. The van der Waals surface area contributed by atoms with Crippen LogP contribution in [0.5, 0.6) is 5.75 Å². The maximum Gasteiger partial charge on any atom is 0.255 e. The van der Waals surface area contributed by atoms with E-state index < -0.39 is 6.04 Å². The number of nitrogens with zero attached hydrogens (tertiary/aromatic N) is 3. The number of para-hydroxylation sites is 1. The van der Waals surface area contributed by atoms with Gasteiger partial charge in [-0.3, -0.25) is 9.59 Å². The Kier molecular flexibility index (Phi) is 6.23. The summed E-state index contributed by atoms with van der Waals surface area (Å²) in [7, 11) is 1.50. The van der Waals surface area contributed by atoms with Crippen molar-refractivity contribution in [2.45, 2.75) is 19.9 Å². The third-order valence-electron chi connectivity index (χ3n) is 4.34. The monoisotopic (exact) mass is 393 g/mol. The molecule has 0 aliphatic heterocycles. The summed E-state index contributed by atoms with van der Waals surface area (Å²) in [6.45, 7) is 3.73. The topological polar surface area (TPSA) is 98.1 Å². The fourth-order valence-corrected chi connectivity index (χ4v) is 2.81. The third-order valence-corrected chi connectivity index (χ3v) is 4.34. The second kappa shape index (κ2) is 9.01. The molecule has 2 N–H and O–H groups in total. The molecule has 150 valence electrons. The molecule has 0 aliphatic carbocycles. The fourth-order valence-electron chi connectivity index (χ4n) is 2.81. The molecule has 0 bridgehead atoms. The van der Waals surface area contributed by atoms with E-state index in [9.17, 15) is 9.59 Å². The number of aromatic nitrogens is 3. The molecule has 0 saturated heterocycles. The van der Waals surface area contributed by atoms with Crippen LogP contribution in [0, 0.1) is 5.92 Å². The number of methoxy groups -OCH3 is 1. The fraction of sp³-hybridized carbons (Fsp3) is 0.238. The molecule has 1 aromatic carbocycles. The summed E-state index contributed by atoms with van der Waals surface area (Å²) in [5, 5.41) is 9.71. The van der Waals surface area contributed by atoms with Gasteiger partial charge in [0, 0.05) is 12.4 Å². The van der Waals surface area contributed by atoms with Crippen molar-refractivity contribution in [3.05, 3.63) is 66.6 Å². The number of hydrogen-bond acceptors (Lipinski definition) is 5. The van der Waals surface area contributed by atoms with Gasteiger partial charge in [0.1, 0.15) is 11.8 Å². The van der Waals surface area contributed by atoms with Crippen LogP contribution in [0.15, 0.2) is 61.1 Å². The van der Waals surface area contributed by atoms with E-state index in [1.807, 2.05) is 13.8 Å². The first-order valence-corrected chi connectivity index (χ1v) is 9.20. The summed E-state index contributed by atoms with van der Waals surface area (Å²) in [6.07, 6.45) is 4.99. The molecule has 1 atom stereocenters. The van der Waals surface area contributed by atoms with Gasteiger partial charge in [0.2, 0.25) is 5.91 Å². The zero-order chi connectivity index (χ0) is 20.8. The van der Waals surface area contributed by atoms with Gasteiger partial charge in [0.05, 0.1) is 24.6 Å². The van der Waals surface area contributed by atoms with Crippen molar-refractivity contribution < 1.29 is 14.3 Å². The van der Waals surface area contributed by atoms with Gasteiger partial charge in [-0.1, -0.05) is 26.0 Å². The lowest BCUT2D eigenvalue weighted by molar-refractivity contribution is -0.118. The van der Waals surface area contributed by atoms with E-state index in [4.69, 9.17) is 4.74 Å². The van der Waals surface area contributed by atoms with Crippen molar-refractivity contribution in [3.8, 4) is 11.6 Å². The molecule has 0 fully saturated rings. The lowest BCUT2D eigenvalue weighted by Gasteiger charge is -2.22. The molecule has 29 heavy (non-hydrogen) atoms. The van der Waals surface area contributed by atoms with E-state index in [0.29, 0.717) is 22.8 Å². The zero-order valence-electron chi connectivity index (χ0n) is 16.5. The Morgan fingerprint density at radius 2 is 1.90 bits per heavy atom. The number of carbonyl (C=O) groups excluding carboxylic acids is 2. The van der Waals surface area contributed by atoms with Gasteiger partial charge in [-0.25, -0.2) is 9.67 Å².